The van der Waals surface area contributed by atoms with E-state index in [0.29, 0.717) is 0 Å². The fraction of sp³-hybridized carbons (Fsp3) is 0.231. The second-order valence-corrected chi connectivity index (χ2v) is 4.06. The highest BCUT2D eigenvalue weighted by Gasteiger charge is 1.98. The molecule has 2 rings (SSSR count). The van der Waals surface area contributed by atoms with E-state index in [-0.39, 0.29) is 0 Å². The van der Waals surface area contributed by atoms with E-state index in [1.165, 1.54) is 11.1 Å². The molecule has 1 aromatic heterocycles. The standard InChI is InChI=1S/C13H14ClNO/c14-13-4-2-1-3-12(13)5-7-15-9-11-6-8-16-10-11/h1-4,6,8,10,15H,5,7,9H2. The predicted octanol–water partition coefficient (Wildman–Crippen LogP) is 3.27. The molecule has 0 fully saturated rings. The van der Waals surface area contributed by atoms with Crippen LogP contribution in [0.3, 0.4) is 0 Å². The molecular weight excluding hydrogens is 222 g/mol. The maximum absolute atomic E-state index is 6.06. The smallest absolute Gasteiger partial charge is 0.0947 e. The Hall–Kier alpha value is -1.25. The third-order valence-corrected chi connectivity index (χ3v) is 2.81. The summed E-state index contributed by atoms with van der Waals surface area (Å²) < 4.78 is 4.99. The average molecular weight is 236 g/mol. The van der Waals surface area contributed by atoms with Crippen molar-refractivity contribution in [1.29, 1.82) is 0 Å². The van der Waals surface area contributed by atoms with Gasteiger partial charge in [0.15, 0.2) is 0 Å². The SMILES string of the molecule is Clc1ccccc1CCNCc1ccoc1. The molecule has 1 N–H and O–H groups in total. The average Bonchev–Trinajstić information content (AvgIpc) is 2.79. The number of halogens is 1. The summed E-state index contributed by atoms with van der Waals surface area (Å²) in [4.78, 5) is 0. The number of furan rings is 1. The van der Waals surface area contributed by atoms with Crippen LogP contribution < -0.4 is 5.32 Å². The minimum absolute atomic E-state index is 0.834. The van der Waals surface area contributed by atoms with Crippen LogP contribution in [0.5, 0.6) is 0 Å². The summed E-state index contributed by atoms with van der Waals surface area (Å²) in [6.45, 7) is 1.75. The van der Waals surface area contributed by atoms with E-state index >= 15 is 0 Å². The summed E-state index contributed by atoms with van der Waals surface area (Å²) >= 11 is 6.06. The van der Waals surface area contributed by atoms with Gasteiger partial charge in [-0.1, -0.05) is 29.8 Å². The highest BCUT2D eigenvalue weighted by atomic mass is 35.5. The van der Waals surface area contributed by atoms with Gasteiger partial charge in [0.05, 0.1) is 12.5 Å². The summed E-state index contributed by atoms with van der Waals surface area (Å²) in [5, 5.41) is 4.19. The molecule has 1 aromatic carbocycles. The van der Waals surface area contributed by atoms with E-state index in [1.54, 1.807) is 12.5 Å². The van der Waals surface area contributed by atoms with Gasteiger partial charge in [0.2, 0.25) is 0 Å². The van der Waals surface area contributed by atoms with Gasteiger partial charge in [-0.15, -0.1) is 0 Å². The summed E-state index contributed by atoms with van der Waals surface area (Å²) in [6, 6.07) is 9.90. The van der Waals surface area contributed by atoms with Crippen LogP contribution in [0, 0.1) is 0 Å². The van der Waals surface area contributed by atoms with Gasteiger partial charge < -0.3 is 9.73 Å². The van der Waals surface area contributed by atoms with E-state index in [9.17, 15) is 0 Å². The highest BCUT2D eigenvalue weighted by molar-refractivity contribution is 6.31. The molecule has 0 amide bonds. The molecule has 0 saturated carbocycles. The van der Waals surface area contributed by atoms with Crippen LogP contribution in [0.2, 0.25) is 5.02 Å². The Kier molecular flexibility index (Phi) is 4.03. The van der Waals surface area contributed by atoms with Crippen molar-refractivity contribution in [2.75, 3.05) is 6.54 Å². The van der Waals surface area contributed by atoms with Gasteiger partial charge in [-0.2, -0.15) is 0 Å². The van der Waals surface area contributed by atoms with Crippen LogP contribution in [-0.4, -0.2) is 6.54 Å². The monoisotopic (exact) mass is 235 g/mol. The van der Waals surface area contributed by atoms with Crippen LogP contribution in [0.25, 0.3) is 0 Å². The predicted molar refractivity (Wildman–Crippen MR) is 65.6 cm³/mol. The first-order chi connectivity index (χ1) is 7.86. The molecule has 2 aromatic rings. The van der Waals surface area contributed by atoms with Crippen molar-refractivity contribution < 1.29 is 4.42 Å². The zero-order chi connectivity index (χ0) is 11.2. The number of hydrogen-bond acceptors (Lipinski definition) is 2. The van der Waals surface area contributed by atoms with Gasteiger partial charge in [0, 0.05) is 17.1 Å². The Balaban J connectivity index is 1.74. The van der Waals surface area contributed by atoms with Crippen molar-refractivity contribution >= 4 is 11.6 Å². The molecule has 0 aliphatic rings. The van der Waals surface area contributed by atoms with Crippen molar-refractivity contribution in [3.05, 3.63) is 59.0 Å². The molecule has 0 aliphatic heterocycles. The fourth-order valence-corrected chi connectivity index (χ4v) is 1.78. The van der Waals surface area contributed by atoms with Gasteiger partial charge in [0.25, 0.3) is 0 Å². The molecule has 16 heavy (non-hydrogen) atoms. The molecule has 0 spiro atoms. The van der Waals surface area contributed by atoms with Crippen LogP contribution in [0.1, 0.15) is 11.1 Å². The molecule has 84 valence electrons. The number of nitrogens with one attached hydrogen (secondary N) is 1. The van der Waals surface area contributed by atoms with Crippen molar-refractivity contribution in [2.24, 2.45) is 0 Å². The summed E-state index contributed by atoms with van der Waals surface area (Å²) in [6.07, 6.45) is 4.38. The van der Waals surface area contributed by atoms with E-state index < -0.39 is 0 Å². The maximum atomic E-state index is 6.06. The molecule has 0 unspecified atom stereocenters. The number of hydrogen-bond donors (Lipinski definition) is 1. The molecular formula is C13H14ClNO. The van der Waals surface area contributed by atoms with E-state index in [2.05, 4.69) is 11.4 Å². The largest absolute Gasteiger partial charge is 0.472 e. The lowest BCUT2D eigenvalue weighted by Gasteiger charge is -2.05. The van der Waals surface area contributed by atoms with Crippen LogP contribution in [0.4, 0.5) is 0 Å². The first kappa shape index (κ1) is 11.2. The zero-order valence-corrected chi connectivity index (χ0v) is 9.70. The molecule has 0 radical (unpaired) electrons. The normalized spacial score (nSPS) is 10.6. The molecule has 0 atom stereocenters. The van der Waals surface area contributed by atoms with E-state index in [1.807, 2.05) is 24.3 Å². The Morgan fingerprint density at radius 3 is 2.81 bits per heavy atom. The summed E-state index contributed by atoms with van der Waals surface area (Å²) in [5.74, 6) is 0. The first-order valence-corrected chi connectivity index (χ1v) is 5.69. The zero-order valence-electron chi connectivity index (χ0n) is 8.95. The summed E-state index contributed by atoms with van der Waals surface area (Å²) in [5.41, 5.74) is 2.35. The van der Waals surface area contributed by atoms with Crippen LogP contribution in [0.15, 0.2) is 47.3 Å². The van der Waals surface area contributed by atoms with Crippen molar-refractivity contribution in [2.45, 2.75) is 13.0 Å². The minimum Gasteiger partial charge on any atom is -0.472 e. The molecule has 1 heterocycles. The van der Waals surface area contributed by atoms with Gasteiger partial charge >= 0.3 is 0 Å². The molecule has 0 bridgehead atoms. The highest BCUT2D eigenvalue weighted by Crippen LogP contribution is 2.14. The number of benzene rings is 1. The molecule has 0 saturated heterocycles. The van der Waals surface area contributed by atoms with E-state index in [0.717, 1.165) is 24.5 Å². The van der Waals surface area contributed by atoms with E-state index in [4.69, 9.17) is 16.0 Å². The van der Waals surface area contributed by atoms with Gasteiger partial charge in [-0.05, 0) is 30.7 Å². The molecule has 3 heteroatoms. The lowest BCUT2D eigenvalue weighted by Crippen LogP contribution is -2.16. The van der Waals surface area contributed by atoms with Crippen molar-refractivity contribution in [3.8, 4) is 0 Å². The Labute approximate surface area is 100 Å². The third-order valence-electron chi connectivity index (χ3n) is 2.44. The second kappa shape index (κ2) is 5.73. The maximum Gasteiger partial charge on any atom is 0.0947 e. The van der Waals surface area contributed by atoms with Crippen LogP contribution in [-0.2, 0) is 13.0 Å². The topological polar surface area (TPSA) is 25.2 Å². The second-order valence-electron chi connectivity index (χ2n) is 3.65. The Morgan fingerprint density at radius 2 is 2.06 bits per heavy atom. The van der Waals surface area contributed by atoms with Gasteiger partial charge in [0.1, 0.15) is 0 Å². The van der Waals surface area contributed by atoms with Crippen molar-refractivity contribution in [1.82, 2.24) is 5.32 Å². The number of rotatable bonds is 5. The van der Waals surface area contributed by atoms with Crippen molar-refractivity contribution in [3.63, 3.8) is 0 Å². The van der Waals surface area contributed by atoms with Crippen LogP contribution >= 0.6 is 11.6 Å². The van der Waals surface area contributed by atoms with Gasteiger partial charge in [-0.25, -0.2) is 0 Å². The minimum atomic E-state index is 0.834. The summed E-state index contributed by atoms with van der Waals surface area (Å²) in [7, 11) is 0. The quantitative estimate of drug-likeness (QED) is 0.805. The third kappa shape index (κ3) is 3.12. The lowest BCUT2D eigenvalue weighted by molar-refractivity contribution is 0.560. The molecule has 0 aliphatic carbocycles. The fourth-order valence-electron chi connectivity index (χ4n) is 1.55. The lowest BCUT2D eigenvalue weighted by atomic mass is 10.1. The Morgan fingerprint density at radius 1 is 1.19 bits per heavy atom. The first-order valence-electron chi connectivity index (χ1n) is 5.31. The van der Waals surface area contributed by atoms with Gasteiger partial charge in [-0.3, -0.25) is 0 Å². The molecule has 2 nitrogen and oxygen atoms in total. The Bertz CT molecular complexity index is 425.